The van der Waals surface area contributed by atoms with Gasteiger partial charge in [0, 0.05) is 13.1 Å². The number of amides is 3. The lowest BCUT2D eigenvalue weighted by Gasteiger charge is -2.34. The van der Waals surface area contributed by atoms with E-state index in [9.17, 15) is 19.5 Å². The van der Waals surface area contributed by atoms with Crippen molar-refractivity contribution in [2.45, 2.75) is 78.1 Å². The molecular formula is C30H43N3O5S. The van der Waals surface area contributed by atoms with Gasteiger partial charge in [0.2, 0.25) is 11.8 Å². The van der Waals surface area contributed by atoms with Crippen LogP contribution >= 0.6 is 11.8 Å². The molecule has 39 heavy (non-hydrogen) atoms. The maximum Gasteiger partial charge on any atom is 0.408 e. The monoisotopic (exact) mass is 557 g/mol. The number of hydrogen-bond donors (Lipinski definition) is 3. The number of carbonyl (C=O) groups excluding carboxylic acids is 3. The third-order valence-corrected chi connectivity index (χ3v) is 6.69. The van der Waals surface area contributed by atoms with Crippen LogP contribution in [0.4, 0.5) is 4.79 Å². The number of phenols is 1. The van der Waals surface area contributed by atoms with Gasteiger partial charge in [-0.15, -0.1) is 0 Å². The van der Waals surface area contributed by atoms with Gasteiger partial charge in [-0.1, -0.05) is 49.7 Å². The fraction of sp³-hybridized carbons (Fsp3) is 0.500. The number of aryl methyl sites for hydroxylation is 1. The van der Waals surface area contributed by atoms with Crippen molar-refractivity contribution in [3.63, 3.8) is 0 Å². The summed E-state index contributed by atoms with van der Waals surface area (Å²) in [5.74, 6) is 0.0538. The van der Waals surface area contributed by atoms with Gasteiger partial charge in [-0.3, -0.25) is 9.59 Å². The van der Waals surface area contributed by atoms with Crippen LogP contribution in [-0.4, -0.2) is 58.1 Å². The second-order valence-corrected chi connectivity index (χ2v) is 11.5. The zero-order valence-corrected chi connectivity index (χ0v) is 24.8. The molecule has 0 aliphatic carbocycles. The fourth-order valence-corrected chi connectivity index (χ4v) is 4.51. The lowest BCUT2D eigenvalue weighted by Crippen LogP contribution is -2.53. The van der Waals surface area contributed by atoms with Crippen molar-refractivity contribution >= 4 is 29.7 Å². The summed E-state index contributed by atoms with van der Waals surface area (Å²) < 4.78 is 5.43. The molecule has 8 nitrogen and oxygen atoms in total. The molecule has 0 aromatic heterocycles. The van der Waals surface area contributed by atoms with Crippen LogP contribution in [-0.2, 0) is 20.9 Å². The van der Waals surface area contributed by atoms with Crippen molar-refractivity contribution in [1.29, 1.82) is 0 Å². The van der Waals surface area contributed by atoms with Crippen LogP contribution in [0.25, 0.3) is 0 Å². The number of rotatable bonds is 13. The first-order chi connectivity index (χ1) is 18.5. The number of aromatic hydroxyl groups is 1. The van der Waals surface area contributed by atoms with Crippen molar-refractivity contribution in [3.8, 4) is 5.75 Å². The lowest BCUT2D eigenvalue weighted by atomic mass is 9.99. The molecule has 0 saturated heterocycles. The molecule has 0 fully saturated rings. The number of carbonyl (C=O) groups is 3. The van der Waals surface area contributed by atoms with Crippen molar-refractivity contribution in [2.75, 3.05) is 18.6 Å². The predicted molar refractivity (Wildman–Crippen MR) is 157 cm³/mol. The third kappa shape index (κ3) is 10.5. The van der Waals surface area contributed by atoms with Crippen LogP contribution in [0.5, 0.6) is 5.75 Å². The van der Waals surface area contributed by atoms with Crippen molar-refractivity contribution < 1.29 is 24.2 Å². The van der Waals surface area contributed by atoms with E-state index >= 15 is 0 Å². The number of unbranched alkanes of at least 4 members (excludes halogenated alkanes) is 1. The Balaban J connectivity index is 2.47. The highest BCUT2D eigenvalue weighted by Crippen LogP contribution is 2.28. The molecule has 0 aliphatic rings. The van der Waals surface area contributed by atoms with E-state index in [0.29, 0.717) is 42.8 Å². The number of benzene rings is 2. The summed E-state index contributed by atoms with van der Waals surface area (Å²) in [6, 6.07) is 12.7. The van der Waals surface area contributed by atoms with Gasteiger partial charge >= 0.3 is 6.09 Å². The SMILES string of the molecule is CCCCN(C(=O)C(CCSC)NC(=O)OC(C)(C)C)C(C(=O)NCc1ccccc1)c1ccc(O)c(C)c1. The van der Waals surface area contributed by atoms with Gasteiger partial charge in [0.1, 0.15) is 23.4 Å². The molecular weight excluding hydrogens is 514 g/mol. The number of thioether (sulfide) groups is 1. The van der Waals surface area contributed by atoms with Gasteiger partial charge in [-0.25, -0.2) is 4.79 Å². The Kier molecular flexibility index (Phi) is 12.6. The first-order valence-corrected chi connectivity index (χ1v) is 14.8. The molecule has 2 aromatic carbocycles. The number of hydrogen-bond acceptors (Lipinski definition) is 6. The molecule has 0 aliphatic heterocycles. The number of nitrogens with one attached hydrogen (secondary N) is 2. The molecule has 3 N–H and O–H groups in total. The van der Waals surface area contributed by atoms with Crippen LogP contribution in [0.2, 0.25) is 0 Å². The highest BCUT2D eigenvalue weighted by molar-refractivity contribution is 7.98. The fourth-order valence-electron chi connectivity index (χ4n) is 4.04. The average molecular weight is 558 g/mol. The Morgan fingerprint density at radius 3 is 2.38 bits per heavy atom. The Labute approximate surface area is 236 Å². The van der Waals surface area contributed by atoms with Crippen LogP contribution in [0.15, 0.2) is 48.5 Å². The maximum absolute atomic E-state index is 14.1. The second-order valence-electron chi connectivity index (χ2n) is 10.5. The first-order valence-electron chi connectivity index (χ1n) is 13.4. The quantitative estimate of drug-likeness (QED) is 0.307. The van der Waals surface area contributed by atoms with Gasteiger partial charge in [0.25, 0.3) is 0 Å². The van der Waals surface area contributed by atoms with E-state index in [-0.39, 0.29) is 17.6 Å². The van der Waals surface area contributed by atoms with E-state index < -0.39 is 23.8 Å². The highest BCUT2D eigenvalue weighted by atomic mass is 32.2. The number of alkyl carbamates (subject to hydrolysis) is 1. The lowest BCUT2D eigenvalue weighted by molar-refractivity contribution is -0.142. The second kappa shape index (κ2) is 15.4. The third-order valence-electron chi connectivity index (χ3n) is 6.04. The van der Waals surface area contributed by atoms with Crippen LogP contribution in [0.1, 0.15) is 69.7 Å². The zero-order valence-electron chi connectivity index (χ0n) is 24.0. The highest BCUT2D eigenvalue weighted by Gasteiger charge is 2.36. The summed E-state index contributed by atoms with van der Waals surface area (Å²) in [6.07, 6.45) is 3.12. The molecule has 0 radical (unpaired) electrons. The van der Waals surface area contributed by atoms with Crippen LogP contribution < -0.4 is 10.6 Å². The molecule has 2 aromatic rings. The molecule has 214 valence electrons. The van der Waals surface area contributed by atoms with Gasteiger partial charge in [0.15, 0.2) is 0 Å². The normalized spacial score (nSPS) is 12.8. The average Bonchev–Trinajstić information content (AvgIpc) is 2.88. The molecule has 0 spiro atoms. The first kappa shape index (κ1) is 32.0. The Morgan fingerprint density at radius 2 is 1.79 bits per heavy atom. The molecule has 0 saturated carbocycles. The van der Waals surface area contributed by atoms with E-state index in [1.165, 1.54) is 6.07 Å². The van der Waals surface area contributed by atoms with Gasteiger partial charge in [0.05, 0.1) is 0 Å². The van der Waals surface area contributed by atoms with E-state index in [4.69, 9.17) is 4.74 Å². The van der Waals surface area contributed by atoms with E-state index in [2.05, 4.69) is 10.6 Å². The summed E-state index contributed by atoms with van der Waals surface area (Å²) >= 11 is 1.57. The predicted octanol–water partition coefficient (Wildman–Crippen LogP) is 5.33. The summed E-state index contributed by atoms with van der Waals surface area (Å²) in [4.78, 5) is 42.1. The minimum absolute atomic E-state index is 0.109. The van der Waals surface area contributed by atoms with Gasteiger partial charge < -0.3 is 25.4 Å². The van der Waals surface area contributed by atoms with Crippen LogP contribution in [0, 0.1) is 6.92 Å². The molecule has 3 amide bonds. The van der Waals surface area contributed by atoms with Gasteiger partial charge in [-0.2, -0.15) is 11.8 Å². The van der Waals surface area contributed by atoms with E-state index in [0.717, 1.165) is 12.0 Å². The van der Waals surface area contributed by atoms with Crippen molar-refractivity contribution in [1.82, 2.24) is 15.5 Å². The smallest absolute Gasteiger partial charge is 0.408 e. The molecule has 2 rings (SSSR count). The number of ether oxygens (including phenoxy) is 1. The van der Waals surface area contributed by atoms with Crippen LogP contribution in [0.3, 0.4) is 0 Å². The Hall–Kier alpha value is -3.20. The molecule has 0 bridgehead atoms. The van der Waals surface area contributed by atoms with E-state index in [1.807, 2.05) is 43.5 Å². The number of phenolic OH excluding ortho intramolecular Hbond substituents is 1. The standard InChI is InChI=1S/C30H43N3O5S/c1-7-8-17-33(28(36)24(16-18-39-6)32-29(37)38-30(3,4)5)26(23-14-15-25(34)21(2)19-23)27(35)31-20-22-12-10-9-11-13-22/h9-15,19,24,26,34H,7-8,16-18,20H2,1-6H3,(H,31,35)(H,32,37). The van der Waals surface area contributed by atoms with Gasteiger partial charge in [-0.05, 0) is 81.4 Å². The topological polar surface area (TPSA) is 108 Å². The minimum atomic E-state index is -0.954. The van der Waals surface area contributed by atoms with Crippen molar-refractivity contribution in [2.24, 2.45) is 0 Å². The number of nitrogens with zero attached hydrogens (tertiary/aromatic N) is 1. The van der Waals surface area contributed by atoms with E-state index in [1.54, 1.807) is 56.5 Å². The maximum atomic E-state index is 14.1. The minimum Gasteiger partial charge on any atom is -0.508 e. The van der Waals surface area contributed by atoms with Crippen molar-refractivity contribution in [3.05, 3.63) is 65.2 Å². The summed E-state index contributed by atoms with van der Waals surface area (Å²) in [7, 11) is 0. The zero-order chi connectivity index (χ0) is 29.0. The summed E-state index contributed by atoms with van der Waals surface area (Å²) in [5, 5.41) is 15.9. The summed E-state index contributed by atoms with van der Waals surface area (Å²) in [6.45, 7) is 9.68. The Morgan fingerprint density at radius 1 is 1.10 bits per heavy atom. The summed E-state index contributed by atoms with van der Waals surface area (Å²) in [5.41, 5.74) is 1.40. The Bertz CT molecular complexity index is 1090. The molecule has 9 heteroatoms. The molecule has 0 heterocycles. The molecule has 2 unspecified atom stereocenters. The largest absolute Gasteiger partial charge is 0.508 e. The molecule has 2 atom stereocenters.